The van der Waals surface area contributed by atoms with Crippen LogP contribution in [-0.4, -0.2) is 43.2 Å². The first kappa shape index (κ1) is 35.1. The minimum atomic E-state index is -0.101. The van der Waals surface area contributed by atoms with Gasteiger partial charge in [0.15, 0.2) is 11.5 Å². The van der Waals surface area contributed by atoms with Gasteiger partial charge in [-0.15, -0.1) is 0 Å². The second-order valence-electron chi connectivity index (χ2n) is 13.5. The molecular formula is C43H51N3O4. The zero-order chi connectivity index (χ0) is 34.9. The van der Waals surface area contributed by atoms with Crippen LogP contribution in [0.4, 0.5) is 5.69 Å². The van der Waals surface area contributed by atoms with Crippen molar-refractivity contribution in [3.63, 3.8) is 0 Å². The standard InChI is InChI=1S/C43H51N3O4/c1-4-5-6-7-8-9-10-25-42(47)44-28-17-18-32-30-39(46-36-22-14-11-19-33(36)34-20-12-15-23-37(34)46)35-21-13-16-24-38(35)45(32)43(48)31-26-27-40(49-2)41(29-31)50-3/h11-16,19-24,26-27,29,32,39H,4-10,17-18,25,28,30H2,1-3H3,(H,44,47). The molecule has 0 saturated carbocycles. The number of carbonyl (C=O) groups is 2. The van der Waals surface area contributed by atoms with Crippen molar-refractivity contribution in [1.29, 1.82) is 0 Å². The van der Waals surface area contributed by atoms with E-state index in [2.05, 4.69) is 83.5 Å². The number of para-hydroxylation sites is 3. The number of nitrogens with zero attached hydrogens (tertiary/aromatic N) is 2. The minimum Gasteiger partial charge on any atom is -0.493 e. The van der Waals surface area contributed by atoms with Gasteiger partial charge in [-0.1, -0.05) is 100 Å². The lowest BCUT2D eigenvalue weighted by Gasteiger charge is -2.42. The second-order valence-corrected chi connectivity index (χ2v) is 13.5. The van der Waals surface area contributed by atoms with Crippen molar-refractivity contribution in [3.8, 4) is 11.5 Å². The number of amides is 2. The lowest BCUT2D eigenvalue weighted by atomic mass is 9.87. The van der Waals surface area contributed by atoms with E-state index in [1.165, 1.54) is 53.9 Å². The average molecular weight is 674 g/mol. The molecule has 0 radical (unpaired) electrons. The zero-order valence-corrected chi connectivity index (χ0v) is 29.8. The topological polar surface area (TPSA) is 72.8 Å². The largest absolute Gasteiger partial charge is 0.493 e. The molecule has 0 fully saturated rings. The molecule has 5 aromatic rings. The van der Waals surface area contributed by atoms with Crippen LogP contribution in [0.3, 0.4) is 0 Å². The van der Waals surface area contributed by atoms with Gasteiger partial charge in [-0.3, -0.25) is 9.59 Å². The molecule has 1 aliphatic heterocycles. The molecule has 0 aliphatic carbocycles. The minimum absolute atomic E-state index is 0.0161. The number of aromatic nitrogens is 1. The Morgan fingerprint density at radius 2 is 1.38 bits per heavy atom. The maximum absolute atomic E-state index is 14.6. The lowest BCUT2D eigenvalue weighted by Crippen LogP contribution is -2.46. The van der Waals surface area contributed by atoms with Gasteiger partial charge in [0.1, 0.15) is 0 Å². The van der Waals surface area contributed by atoms with Crippen molar-refractivity contribution in [3.05, 3.63) is 102 Å². The van der Waals surface area contributed by atoms with Crippen molar-refractivity contribution < 1.29 is 19.1 Å². The number of nitrogens with one attached hydrogen (secondary N) is 1. The van der Waals surface area contributed by atoms with E-state index in [1.54, 1.807) is 26.4 Å². The number of ether oxygens (including phenoxy) is 2. The number of rotatable bonds is 16. The van der Waals surface area contributed by atoms with Crippen LogP contribution in [0, 0.1) is 0 Å². The molecular weight excluding hydrogens is 622 g/mol. The van der Waals surface area contributed by atoms with Gasteiger partial charge in [0, 0.05) is 52.1 Å². The maximum atomic E-state index is 14.6. The Morgan fingerprint density at radius 3 is 2.08 bits per heavy atom. The van der Waals surface area contributed by atoms with E-state index in [9.17, 15) is 9.59 Å². The molecule has 7 nitrogen and oxygen atoms in total. The highest BCUT2D eigenvalue weighted by Gasteiger charge is 2.38. The number of hydrogen-bond donors (Lipinski definition) is 1. The third kappa shape index (κ3) is 7.52. The number of carbonyl (C=O) groups excluding carboxylic acids is 2. The van der Waals surface area contributed by atoms with Gasteiger partial charge < -0.3 is 24.3 Å². The van der Waals surface area contributed by atoms with Gasteiger partial charge in [0.25, 0.3) is 5.91 Å². The first-order valence-electron chi connectivity index (χ1n) is 18.4. The number of fused-ring (bicyclic) bond motifs is 4. The molecule has 262 valence electrons. The first-order chi connectivity index (χ1) is 24.5. The number of unbranched alkanes of at least 4 members (excludes halogenated alkanes) is 6. The Balaban J connectivity index is 1.27. The predicted molar refractivity (Wildman–Crippen MR) is 204 cm³/mol. The van der Waals surface area contributed by atoms with Gasteiger partial charge in [-0.05, 0) is 67.6 Å². The van der Waals surface area contributed by atoms with Gasteiger partial charge in [0.2, 0.25) is 5.91 Å². The fourth-order valence-electron chi connectivity index (χ4n) is 7.74. The highest BCUT2D eigenvalue weighted by atomic mass is 16.5. The predicted octanol–water partition coefficient (Wildman–Crippen LogP) is 9.86. The van der Waals surface area contributed by atoms with Crippen molar-refractivity contribution in [2.24, 2.45) is 0 Å². The van der Waals surface area contributed by atoms with E-state index < -0.39 is 0 Å². The lowest BCUT2D eigenvalue weighted by molar-refractivity contribution is -0.121. The van der Waals surface area contributed by atoms with E-state index in [0.29, 0.717) is 30.0 Å². The molecule has 1 aliphatic rings. The highest BCUT2D eigenvalue weighted by Crippen LogP contribution is 2.45. The second kappa shape index (κ2) is 16.8. The summed E-state index contributed by atoms with van der Waals surface area (Å²) in [6.45, 7) is 2.82. The molecule has 4 aromatic carbocycles. The highest BCUT2D eigenvalue weighted by molar-refractivity contribution is 6.09. The van der Waals surface area contributed by atoms with E-state index in [4.69, 9.17) is 9.47 Å². The van der Waals surface area contributed by atoms with Gasteiger partial charge >= 0.3 is 0 Å². The van der Waals surface area contributed by atoms with Crippen molar-refractivity contribution in [2.75, 3.05) is 25.7 Å². The van der Waals surface area contributed by atoms with Crippen LogP contribution in [0.15, 0.2) is 91.0 Å². The summed E-state index contributed by atoms with van der Waals surface area (Å²) in [5, 5.41) is 5.62. The molecule has 2 unspecified atom stereocenters. The molecule has 0 spiro atoms. The molecule has 7 heteroatoms. The Bertz CT molecular complexity index is 1860. The number of hydrogen-bond acceptors (Lipinski definition) is 4. The molecule has 0 bridgehead atoms. The zero-order valence-electron chi connectivity index (χ0n) is 29.8. The van der Waals surface area contributed by atoms with E-state index >= 15 is 0 Å². The number of anilines is 1. The van der Waals surface area contributed by atoms with Crippen molar-refractivity contribution in [2.45, 2.75) is 89.6 Å². The summed E-state index contributed by atoms with van der Waals surface area (Å²) in [7, 11) is 3.18. The quantitative estimate of drug-likeness (QED) is 0.106. The Morgan fingerprint density at radius 1 is 0.740 bits per heavy atom. The first-order valence-corrected chi connectivity index (χ1v) is 18.4. The molecule has 0 saturated heterocycles. The average Bonchev–Trinajstić information content (AvgIpc) is 3.49. The summed E-state index contributed by atoms with van der Waals surface area (Å²) in [6.07, 6.45) is 11.2. The van der Waals surface area contributed by atoms with Crippen LogP contribution in [0.5, 0.6) is 11.5 Å². The van der Waals surface area contributed by atoms with Crippen molar-refractivity contribution in [1.82, 2.24) is 9.88 Å². The smallest absolute Gasteiger partial charge is 0.258 e. The summed E-state index contributed by atoms with van der Waals surface area (Å²) in [5.74, 6) is 1.14. The van der Waals surface area contributed by atoms with Crippen LogP contribution in [0.1, 0.15) is 99.5 Å². The third-order valence-corrected chi connectivity index (χ3v) is 10.2. The fourth-order valence-corrected chi connectivity index (χ4v) is 7.74. The molecule has 2 amide bonds. The number of methoxy groups -OCH3 is 2. The van der Waals surface area contributed by atoms with Crippen LogP contribution < -0.4 is 19.7 Å². The Kier molecular flexibility index (Phi) is 11.7. The van der Waals surface area contributed by atoms with Crippen LogP contribution in [0.2, 0.25) is 0 Å². The molecule has 2 atom stereocenters. The van der Waals surface area contributed by atoms with Gasteiger partial charge in [0.05, 0.1) is 20.3 Å². The summed E-state index contributed by atoms with van der Waals surface area (Å²) in [4.78, 5) is 29.3. The molecule has 2 heterocycles. The van der Waals surface area contributed by atoms with E-state index in [1.807, 2.05) is 17.0 Å². The van der Waals surface area contributed by atoms with E-state index in [0.717, 1.165) is 43.4 Å². The maximum Gasteiger partial charge on any atom is 0.258 e. The number of benzene rings is 4. The summed E-state index contributed by atoms with van der Waals surface area (Å²) < 4.78 is 13.5. The summed E-state index contributed by atoms with van der Waals surface area (Å²) >= 11 is 0. The Hall–Kier alpha value is -4.78. The molecule has 1 aromatic heterocycles. The van der Waals surface area contributed by atoms with E-state index in [-0.39, 0.29) is 23.9 Å². The normalized spacial score (nSPS) is 15.6. The molecule has 1 N–H and O–H groups in total. The SMILES string of the molecule is CCCCCCCCCC(=O)NCCCC1CC(n2c3ccccc3c3ccccc32)c2ccccc2N1C(=O)c1ccc(OC)c(OC)c1. The van der Waals surface area contributed by atoms with Crippen LogP contribution in [-0.2, 0) is 4.79 Å². The van der Waals surface area contributed by atoms with Crippen molar-refractivity contribution >= 4 is 39.3 Å². The van der Waals surface area contributed by atoms with Crippen LogP contribution >= 0.6 is 0 Å². The molecule has 6 rings (SSSR count). The Labute approximate surface area is 296 Å². The summed E-state index contributed by atoms with van der Waals surface area (Å²) in [5.41, 5.74) is 4.94. The van der Waals surface area contributed by atoms with Crippen LogP contribution in [0.25, 0.3) is 21.8 Å². The van der Waals surface area contributed by atoms with Gasteiger partial charge in [-0.25, -0.2) is 0 Å². The fraction of sp³-hybridized carbons (Fsp3) is 0.395. The monoisotopic (exact) mass is 673 g/mol. The molecule has 50 heavy (non-hydrogen) atoms. The summed E-state index contributed by atoms with van der Waals surface area (Å²) in [6, 6.07) is 30.8. The third-order valence-electron chi connectivity index (χ3n) is 10.2. The van der Waals surface area contributed by atoms with Gasteiger partial charge in [-0.2, -0.15) is 0 Å².